The summed E-state index contributed by atoms with van der Waals surface area (Å²) in [4.78, 5) is 20.8. The lowest BCUT2D eigenvalue weighted by Crippen LogP contribution is -2.08. The molecule has 0 bridgehead atoms. The summed E-state index contributed by atoms with van der Waals surface area (Å²) in [5.41, 5.74) is 1.03. The first kappa shape index (κ1) is 11.2. The van der Waals surface area contributed by atoms with Crippen molar-refractivity contribution >= 4 is 5.97 Å². The number of aromatic nitrogens is 2. The van der Waals surface area contributed by atoms with Crippen LogP contribution in [0, 0.1) is 0 Å². The molecule has 2 rings (SSSR count). The SMILES string of the molecule is O=C(OOCc1ccccc1)c1cccnn1. The molecular formula is C12H10N2O3. The second-order valence-corrected chi connectivity index (χ2v) is 3.23. The molecule has 0 unspecified atom stereocenters. The van der Waals surface area contributed by atoms with Gasteiger partial charge in [-0.05, 0) is 17.7 Å². The minimum Gasteiger partial charge on any atom is -0.291 e. The summed E-state index contributed by atoms with van der Waals surface area (Å²) in [5, 5.41) is 7.17. The molecule has 0 aliphatic carbocycles. The van der Waals surface area contributed by atoms with Gasteiger partial charge in [-0.3, -0.25) is 4.89 Å². The summed E-state index contributed by atoms with van der Waals surface area (Å²) in [7, 11) is 0. The van der Waals surface area contributed by atoms with Crippen molar-refractivity contribution in [1.29, 1.82) is 0 Å². The first-order valence-corrected chi connectivity index (χ1v) is 5.01. The van der Waals surface area contributed by atoms with Crippen molar-refractivity contribution in [2.24, 2.45) is 0 Å². The summed E-state index contributed by atoms with van der Waals surface area (Å²) in [6.45, 7) is 0.201. The van der Waals surface area contributed by atoms with Gasteiger partial charge in [0.25, 0.3) is 0 Å². The number of carbonyl (C=O) groups excluding carboxylic acids is 1. The van der Waals surface area contributed by atoms with Crippen LogP contribution in [-0.2, 0) is 16.4 Å². The Balaban J connectivity index is 1.82. The number of hydrogen-bond donors (Lipinski definition) is 0. The summed E-state index contributed by atoms with van der Waals surface area (Å²) in [5.74, 6) is -0.658. The number of rotatable bonds is 4. The smallest absolute Gasteiger partial charge is 0.291 e. The fourth-order valence-electron chi connectivity index (χ4n) is 1.18. The summed E-state index contributed by atoms with van der Waals surface area (Å²) in [6, 6.07) is 12.5. The molecular weight excluding hydrogens is 220 g/mol. The standard InChI is InChI=1S/C12H10N2O3/c15-12(11-7-4-8-13-14-11)17-16-9-10-5-2-1-3-6-10/h1-8H,9H2. The lowest BCUT2D eigenvalue weighted by atomic mass is 10.2. The summed E-state index contributed by atoms with van der Waals surface area (Å²) < 4.78 is 0. The zero-order valence-corrected chi connectivity index (χ0v) is 8.95. The predicted molar refractivity (Wildman–Crippen MR) is 58.7 cm³/mol. The fourth-order valence-corrected chi connectivity index (χ4v) is 1.18. The highest BCUT2D eigenvalue weighted by Crippen LogP contribution is 2.02. The maximum atomic E-state index is 11.4. The molecule has 0 saturated heterocycles. The van der Waals surface area contributed by atoms with Gasteiger partial charge < -0.3 is 0 Å². The van der Waals surface area contributed by atoms with E-state index in [1.54, 1.807) is 6.07 Å². The van der Waals surface area contributed by atoms with Crippen LogP contribution < -0.4 is 0 Å². The van der Waals surface area contributed by atoms with Gasteiger partial charge in [-0.15, -0.1) is 5.10 Å². The Morgan fingerprint density at radius 3 is 2.65 bits per heavy atom. The van der Waals surface area contributed by atoms with Crippen molar-refractivity contribution in [3.05, 3.63) is 59.9 Å². The highest BCUT2D eigenvalue weighted by atomic mass is 17.2. The van der Waals surface area contributed by atoms with E-state index < -0.39 is 5.97 Å². The second kappa shape index (κ2) is 5.72. The minimum atomic E-state index is -0.658. The lowest BCUT2D eigenvalue weighted by Gasteiger charge is -2.02. The molecule has 0 fully saturated rings. The lowest BCUT2D eigenvalue weighted by molar-refractivity contribution is -0.250. The Hall–Kier alpha value is -2.27. The Morgan fingerprint density at radius 2 is 1.94 bits per heavy atom. The maximum absolute atomic E-state index is 11.4. The molecule has 0 saturated carbocycles. The van der Waals surface area contributed by atoms with Crippen LogP contribution in [0.15, 0.2) is 48.7 Å². The van der Waals surface area contributed by atoms with Gasteiger partial charge in [0, 0.05) is 6.20 Å². The van der Waals surface area contributed by atoms with Gasteiger partial charge in [0.2, 0.25) is 0 Å². The summed E-state index contributed by atoms with van der Waals surface area (Å²) >= 11 is 0. The van der Waals surface area contributed by atoms with Crippen LogP contribution in [-0.4, -0.2) is 16.2 Å². The molecule has 1 aromatic carbocycles. The van der Waals surface area contributed by atoms with Gasteiger partial charge in [0.15, 0.2) is 5.69 Å². The zero-order valence-electron chi connectivity index (χ0n) is 8.95. The molecule has 0 aliphatic heterocycles. The van der Waals surface area contributed by atoms with E-state index in [0.29, 0.717) is 0 Å². The third-order valence-corrected chi connectivity index (χ3v) is 1.98. The number of benzene rings is 1. The topological polar surface area (TPSA) is 61.3 Å². The third-order valence-electron chi connectivity index (χ3n) is 1.98. The minimum absolute atomic E-state index is 0.112. The third kappa shape index (κ3) is 3.35. The van der Waals surface area contributed by atoms with Crippen LogP contribution in [0.1, 0.15) is 16.1 Å². The van der Waals surface area contributed by atoms with Crippen molar-refractivity contribution in [3.8, 4) is 0 Å². The van der Waals surface area contributed by atoms with Crippen LogP contribution in [0.5, 0.6) is 0 Å². The van der Waals surface area contributed by atoms with E-state index >= 15 is 0 Å². The first-order chi connectivity index (χ1) is 8.36. The van der Waals surface area contributed by atoms with Gasteiger partial charge in [-0.25, -0.2) is 4.79 Å². The van der Waals surface area contributed by atoms with Gasteiger partial charge in [0.1, 0.15) is 6.61 Å². The molecule has 0 aliphatic rings. The summed E-state index contributed by atoms with van der Waals surface area (Å²) in [6.07, 6.45) is 1.47. The van der Waals surface area contributed by atoms with Crippen molar-refractivity contribution in [2.75, 3.05) is 0 Å². The predicted octanol–water partition coefficient (Wildman–Crippen LogP) is 1.77. The number of nitrogens with zero attached hydrogens (tertiary/aromatic N) is 2. The van der Waals surface area contributed by atoms with Gasteiger partial charge in [0.05, 0.1) is 0 Å². The molecule has 5 heteroatoms. The van der Waals surface area contributed by atoms with E-state index in [1.165, 1.54) is 12.3 Å². The first-order valence-electron chi connectivity index (χ1n) is 5.01. The van der Waals surface area contributed by atoms with Gasteiger partial charge >= 0.3 is 5.97 Å². The largest absolute Gasteiger partial charge is 0.393 e. The van der Waals surface area contributed by atoms with Crippen molar-refractivity contribution < 1.29 is 14.6 Å². The molecule has 1 aromatic heterocycles. The van der Waals surface area contributed by atoms with Crippen LogP contribution >= 0.6 is 0 Å². The van der Waals surface area contributed by atoms with E-state index in [9.17, 15) is 4.79 Å². The molecule has 5 nitrogen and oxygen atoms in total. The molecule has 0 N–H and O–H groups in total. The highest BCUT2D eigenvalue weighted by Gasteiger charge is 2.09. The molecule has 1 heterocycles. The molecule has 0 amide bonds. The molecule has 86 valence electrons. The number of carbonyl (C=O) groups is 1. The Bertz CT molecular complexity index is 474. The Kier molecular flexibility index (Phi) is 3.77. The molecule has 0 spiro atoms. The van der Waals surface area contributed by atoms with Crippen LogP contribution in [0.3, 0.4) is 0 Å². The molecule has 17 heavy (non-hydrogen) atoms. The zero-order chi connectivity index (χ0) is 11.9. The van der Waals surface area contributed by atoms with E-state index in [1.807, 2.05) is 30.3 Å². The van der Waals surface area contributed by atoms with E-state index in [-0.39, 0.29) is 12.3 Å². The van der Waals surface area contributed by atoms with Gasteiger partial charge in [-0.2, -0.15) is 9.99 Å². The van der Waals surface area contributed by atoms with Crippen LogP contribution in [0.25, 0.3) is 0 Å². The molecule has 2 aromatic rings. The Morgan fingerprint density at radius 1 is 1.12 bits per heavy atom. The molecule has 0 atom stereocenters. The highest BCUT2D eigenvalue weighted by molar-refractivity contribution is 5.86. The van der Waals surface area contributed by atoms with Crippen molar-refractivity contribution in [2.45, 2.75) is 6.61 Å². The Labute approximate surface area is 97.9 Å². The van der Waals surface area contributed by atoms with E-state index in [4.69, 9.17) is 4.89 Å². The fraction of sp³-hybridized carbons (Fsp3) is 0.0833. The van der Waals surface area contributed by atoms with E-state index in [2.05, 4.69) is 15.1 Å². The maximum Gasteiger partial charge on any atom is 0.393 e. The molecule has 0 radical (unpaired) electrons. The quantitative estimate of drug-likeness (QED) is 0.591. The van der Waals surface area contributed by atoms with Crippen molar-refractivity contribution in [1.82, 2.24) is 10.2 Å². The monoisotopic (exact) mass is 230 g/mol. The van der Waals surface area contributed by atoms with E-state index in [0.717, 1.165) is 5.56 Å². The average Bonchev–Trinajstić information content (AvgIpc) is 2.41. The van der Waals surface area contributed by atoms with Crippen LogP contribution in [0.2, 0.25) is 0 Å². The average molecular weight is 230 g/mol. The number of hydrogen-bond acceptors (Lipinski definition) is 5. The van der Waals surface area contributed by atoms with Crippen LogP contribution in [0.4, 0.5) is 0 Å². The normalized spacial score (nSPS) is 9.88. The van der Waals surface area contributed by atoms with Crippen molar-refractivity contribution in [3.63, 3.8) is 0 Å². The second-order valence-electron chi connectivity index (χ2n) is 3.23. The van der Waals surface area contributed by atoms with Gasteiger partial charge in [-0.1, -0.05) is 30.3 Å².